The molecule has 0 unspecified atom stereocenters. The molecule has 6 rings (SSSR count). The topological polar surface area (TPSA) is 40.5 Å². The van der Waals surface area contributed by atoms with Gasteiger partial charge in [0.25, 0.3) is 0 Å². The number of hydrogen-bond donors (Lipinski definition) is 0. The lowest BCUT2D eigenvalue weighted by atomic mass is 9.68. The van der Waals surface area contributed by atoms with Gasteiger partial charge in [0.05, 0.1) is 12.3 Å². The molecular formula is C29H19N3. The third-order valence-corrected chi connectivity index (χ3v) is 7.00. The van der Waals surface area contributed by atoms with Crippen LogP contribution in [0.2, 0.25) is 0 Å². The number of aliphatic imine (C=N–C) groups is 1. The van der Waals surface area contributed by atoms with E-state index in [4.69, 9.17) is 6.57 Å². The quantitative estimate of drug-likeness (QED) is 0.256. The van der Waals surface area contributed by atoms with Gasteiger partial charge >= 0.3 is 0 Å². The molecule has 2 aliphatic rings. The minimum absolute atomic E-state index is 0.197. The molecule has 0 saturated heterocycles. The fraction of sp³-hybridized carbons (Fsp3) is 0.138. The van der Waals surface area contributed by atoms with Gasteiger partial charge in [-0.25, -0.2) is 4.85 Å². The predicted octanol–water partition coefficient (Wildman–Crippen LogP) is 6.67. The summed E-state index contributed by atoms with van der Waals surface area (Å²) in [6.07, 6.45) is 4.76. The van der Waals surface area contributed by atoms with Crippen molar-refractivity contribution < 1.29 is 0 Å². The van der Waals surface area contributed by atoms with Crippen molar-refractivity contribution >= 4 is 22.2 Å². The molecule has 0 aromatic heterocycles. The third kappa shape index (κ3) is 2.69. The van der Waals surface area contributed by atoms with E-state index in [1.54, 1.807) is 0 Å². The zero-order chi connectivity index (χ0) is 21.7. The van der Waals surface area contributed by atoms with Crippen molar-refractivity contribution in [2.45, 2.75) is 19.3 Å². The summed E-state index contributed by atoms with van der Waals surface area (Å²) >= 11 is 0. The van der Waals surface area contributed by atoms with E-state index < -0.39 is 0 Å². The molecule has 4 aromatic rings. The van der Waals surface area contributed by atoms with Crippen LogP contribution in [0.5, 0.6) is 0 Å². The first-order valence-corrected chi connectivity index (χ1v) is 10.8. The molecular weight excluding hydrogens is 390 g/mol. The molecule has 0 atom stereocenters. The summed E-state index contributed by atoms with van der Waals surface area (Å²) in [6, 6.07) is 27.2. The number of hydrogen-bond acceptors (Lipinski definition) is 2. The van der Waals surface area contributed by atoms with Crippen LogP contribution in [0.25, 0.3) is 26.7 Å². The molecule has 2 aliphatic carbocycles. The molecule has 0 heterocycles. The second-order valence-electron chi connectivity index (χ2n) is 8.84. The highest BCUT2D eigenvalue weighted by Gasteiger charge is 2.46. The Kier molecular flexibility index (Phi) is 4.00. The smallest absolute Gasteiger partial charge is 0.205 e. The van der Waals surface area contributed by atoms with Crippen LogP contribution in [-0.2, 0) is 19.3 Å². The molecule has 32 heavy (non-hydrogen) atoms. The summed E-state index contributed by atoms with van der Waals surface area (Å²) in [7, 11) is 0. The van der Waals surface area contributed by atoms with E-state index in [-0.39, 0.29) is 5.41 Å². The van der Waals surface area contributed by atoms with Gasteiger partial charge in [-0.1, -0.05) is 66.7 Å². The fourth-order valence-corrected chi connectivity index (χ4v) is 5.73. The van der Waals surface area contributed by atoms with E-state index in [0.717, 1.165) is 41.7 Å². The van der Waals surface area contributed by atoms with Gasteiger partial charge in [-0.2, -0.15) is 10.3 Å². The highest BCUT2D eigenvalue weighted by molar-refractivity contribution is 6.11. The Balaban J connectivity index is 1.49. The van der Waals surface area contributed by atoms with Crippen LogP contribution in [-0.4, -0.2) is 5.71 Å². The van der Waals surface area contributed by atoms with Gasteiger partial charge in [-0.05, 0) is 70.0 Å². The van der Waals surface area contributed by atoms with Gasteiger partial charge in [0.15, 0.2) is 5.69 Å². The maximum absolute atomic E-state index is 9.60. The molecule has 0 aliphatic heterocycles. The van der Waals surface area contributed by atoms with Gasteiger partial charge in [-0.15, -0.1) is 0 Å². The Bertz CT molecular complexity index is 1490. The minimum Gasteiger partial charge on any atom is -0.238 e. The number of fused-ring (bicyclic) bond motifs is 1. The predicted molar refractivity (Wildman–Crippen MR) is 128 cm³/mol. The second kappa shape index (κ2) is 6.91. The normalized spacial score (nSPS) is 16.6. The minimum atomic E-state index is -0.197. The van der Waals surface area contributed by atoms with Crippen molar-refractivity contribution in [3.63, 3.8) is 0 Å². The monoisotopic (exact) mass is 409 g/mol. The van der Waals surface area contributed by atoms with Crippen LogP contribution in [0.4, 0.5) is 5.69 Å². The Labute approximate surface area is 187 Å². The van der Waals surface area contributed by atoms with E-state index in [1.165, 1.54) is 27.5 Å². The largest absolute Gasteiger partial charge is 0.238 e. The average molecular weight is 409 g/mol. The summed E-state index contributed by atoms with van der Waals surface area (Å²) in [5, 5.41) is 12.2. The second-order valence-corrected chi connectivity index (χ2v) is 8.84. The van der Waals surface area contributed by atoms with Crippen molar-refractivity contribution in [2.24, 2.45) is 10.4 Å². The molecule has 0 saturated carbocycles. The van der Waals surface area contributed by atoms with Gasteiger partial charge in [0, 0.05) is 11.0 Å². The van der Waals surface area contributed by atoms with Crippen LogP contribution < -0.4 is 0 Å². The highest BCUT2D eigenvalue weighted by atomic mass is 14.8. The Hall–Kier alpha value is -4.21. The van der Waals surface area contributed by atoms with Crippen molar-refractivity contribution in [3.05, 3.63) is 113 Å². The molecule has 0 bridgehead atoms. The lowest BCUT2D eigenvalue weighted by Gasteiger charge is -2.35. The summed E-state index contributed by atoms with van der Waals surface area (Å²) < 4.78 is 0. The molecule has 0 N–H and O–H groups in total. The molecule has 3 nitrogen and oxygen atoms in total. The van der Waals surface area contributed by atoms with Crippen molar-refractivity contribution in [3.8, 4) is 17.3 Å². The van der Waals surface area contributed by atoms with Crippen LogP contribution >= 0.6 is 0 Å². The van der Waals surface area contributed by atoms with Crippen LogP contribution in [0.15, 0.2) is 83.9 Å². The highest BCUT2D eigenvalue weighted by Crippen LogP contribution is 2.48. The first kappa shape index (κ1) is 18.6. The maximum atomic E-state index is 9.60. The number of nitrogens with zero attached hydrogens (tertiary/aromatic N) is 3. The average Bonchev–Trinajstić information content (AvgIpc) is 3.11. The van der Waals surface area contributed by atoms with Crippen LogP contribution in [0.3, 0.4) is 0 Å². The molecule has 150 valence electrons. The lowest BCUT2D eigenvalue weighted by Crippen LogP contribution is -2.36. The molecule has 0 fully saturated rings. The first-order valence-electron chi connectivity index (χ1n) is 10.8. The Morgan fingerprint density at radius 3 is 2.22 bits per heavy atom. The van der Waals surface area contributed by atoms with Crippen molar-refractivity contribution in [1.29, 1.82) is 5.26 Å². The van der Waals surface area contributed by atoms with Crippen molar-refractivity contribution in [1.82, 2.24) is 0 Å². The standard InChI is InChI=1S/C29H19N3/c1-31-25-10-4-7-20(13-25)21-11-12-22-15-29(28(32-18-30)26(22)14-21)16-23-8-2-5-19-6-3-9-24(17-29)27(19)23/h2-14H,15-17H2. The number of benzene rings is 4. The molecule has 3 heteroatoms. The maximum Gasteiger partial charge on any atom is 0.205 e. The van der Waals surface area contributed by atoms with Gasteiger partial charge in [0.1, 0.15) is 0 Å². The Morgan fingerprint density at radius 2 is 1.50 bits per heavy atom. The molecule has 0 amide bonds. The third-order valence-electron chi connectivity index (χ3n) is 7.00. The van der Waals surface area contributed by atoms with Gasteiger partial charge in [-0.3, -0.25) is 0 Å². The SMILES string of the molecule is [C-]#[N+]c1cccc(-c2ccc3c(c2)C(=NC#N)C2(C3)Cc3cccc4cccc(c34)C2)c1. The van der Waals surface area contributed by atoms with Crippen LogP contribution in [0.1, 0.15) is 22.3 Å². The fourth-order valence-electron chi connectivity index (χ4n) is 5.73. The molecule has 4 aromatic carbocycles. The van der Waals surface area contributed by atoms with E-state index in [2.05, 4.69) is 70.6 Å². The van der Waals surface area contributed by atoms with E-state index in [9.17, 15) is 5.26 Å². The number of nitriles is 1. The van der Waals surface area contributed by atoms with E-state index in [1.807, 2.05) is 24.3 Å². The number of rotatable bonds is 1. The first-order chi connectivity index (χ1) is 15.7. The zero-order valence-electron chi connectivity index (χ0n) is 17.5. The van der Waals surface area contributed by atoms with Crippen molar-refractivity contribution in [2.75, 3.05) is 0 Å². The summed E-state index contributed by atoms with van der Waals surface area (Å²) in [5.74, 6) is 0. The summed E-state index contributed by atoms with van der Waals surface area (Å²) in [5.41, 5.74) is 8.40. The van der Waals surface area contributed by atoms with Gasteiger partial charge < -0.3 is 0 Å². The van der Waals surface area contributed by atoms with E-state index in [0.29, 0.717) is 5.69 Å². The van der Waals surface area contributed by atoms with E-state index >= 15 is 0 Å². The van der Waals surface area contributed by atoms with Gasteiger partial charge in [0.2, 0.25) is 6.19 Å². The summed E-state index contributed by atoms with van der Waals surface area (Å²) in [4.78, 5) is 7.99. The zero-order valence-corrected chi connectivity index (χ0v) is 17.5. The Morgan fingerprint density at radius 1 is 0.812 bits per heavy atom. The summed E-state index contributed by atoms with van der Waals surface area (Å²) in [6.45, 7) is 7.32. The lowest BCUT2D eigenvalue weighted by molar-refractivity contribution is 0.419. The van der Waals surface area contributed by atoms with Crippen LogP contribution in [0, 0.1) is 23.4 Å². The molecule has 0 radical (unpaired) electrons. The molecule has 1 spiro atoms.